The summed E-state index contributed by atoms with van der Waals surface area (Å²) in [5.41, 5.74) is 0. The number of rotatable bonds is 3. The molecule has 2 heteroatoms. The van der Waals surface area contributed by atoms with Gasteiger partial charge in [0.2, 0.25) is 0 Å². The molecule has 0 radical (unpaired) electrons. The van der Waals surface area contributed by atoms with Crippen LogP contribution >= 0.6 is 0 Å². The molecule has 0 atom stereocenters. The van der Waals surface area contributed by atoms with Gasteiger partial charge in [-0.3, -0.25) is 0 Å². The molecular formula is C11H22N2. The number of hydrogen-bond donors (Lipinski definition) is 1. The van der Waals surface area contributed by atoms with Gasteiger partial charge < -0.3 is 10.2 Å². The van der Waals surface area contributed by atoms with Crippen molar-refractivity contribution in [3.63, 3.8) is 0 Å². The Hall–Kier alpha value is -0.0800. The molecule has 2 rings (SSSR count). The zero-order valence-electron chi connectivity index (χ0n) is 8.76. The lowest BCUT2D eigenvalue weighted by atomic mass is 9.84. The summed E-state index contributed by atoms with van der Waals surface area (Å²) in [4.78, 5) is 2.68. The van der Waals surface area contributed by atoms with Crippen molar-refractivity contribution in [1.29, 1.82) is 0 Å². The van der Waals surface area contributed by atoms with Crippen LogP contribution in [-0.4, -0.2) is 37.6 Å². The molecule has 1 saturated carbocycles. The van der Waals surface area contributed by atoms with Crippen LogP contribution in [0.1, 0.15) is 32.1 Å². The van der Waals surface area contributed by atoms with E-state index < -0.39 is 0 Å². The fourth-order valence-corrected chi connectivity index (χ4v) is 2.71. The summed E-state index contributed by atoms with van der Waals surface area (Å²) in [7, 11) is 2.07. The lowest BCUT2D eigenvalue weighted by Gasteiger charge is -2.42. The topological polar surface area (TPSA) is 15.3 Å². The average Bonchev–Trinajstić information content (AvgIpc) is 2.06. The zero-order valence-corrected chi connectivity index (χ0v) is 8.76. The first-order chi connectivity index (χ1) is 6.40. The SMILES string of the molecule is CNCC1CCC(N2CCC2)CC1. The van der Waals surface area contributed by atoms with E-state index >= 15 is 0 Å². The van der Waals surface area contributed by atoms with Gasteiger partial charge in [0.15, 0.2) is 0 Å². The van der Waals surface area contributed by atoms with Gasteiger partial charge in [-0.05, 0) is 64.7 Å². The zero-order chi connectivity index (χ0) is 9.10. The van der Waals surface area contributed by atoms with Gasteiger partial charge in [-0.2, -0.15) is 0 Å². The Morgan fingerprint density at radius 2 is 1.85 bits per heavy atom. The standard InChI is InChI=1S/C11H22N2/c1-12-9-10-3-5-11(6-4-10)13-7-2-8-13/h10-12H,2-9H2,1H3. The van der Waals surface area contributed by atoms with Crippen LogP contribution in [0.2, 0.25) is 0 Å². The van der Waals surface area contributed by atoms with Crippen LogP contribution in [0, 0.1) is 5.92 Å². The second-order valence-electron chi connectivity index (χ2n) is 4.62. The van der Waals surface area contributed by atoms with Crippen LogP contribution < -0.4 is 5.32 Å². The molecular weight excluding hydrogens is 160 g/mol. The second-order valence-corrected chi connectivity index (χ2v) is 4.62. The maximum absolute atomic E-state index is 3.30. The van der Waals surface area contributed by atoms with Crippen LogP contribution in [0.4, 0.5) is 0 Å². The summed E-state index contributed by atoms with van der Waals surface area (Å²) in [5.74, 6) is 0.961. The number of nitrogens with zero attached hydrogens (tertiary/aromatic N) is 1. The minimum atomic E-state index is 0.946. The summed E-state index contributed by atoms with van der Waals surface area (Å²) in [6.07, 6.45) is 7.24. The second kappa shape index (κ2) is 4.43. The van der Waals surface area contributed by atoms with Crippen LogP contribution in [0.5, 0.6) is 0 Å². The van der Waals surface area contributed by atoms with Crippen molar-refractivity contribution in [3.05, 3.63) is 0 Å². The molecule has 0 amide bonds. The van der Waals surface area contributed by atoms with Gasteiger partial charge >= 0.3 is 0 Å². The van der Waals surface area contributed by atoms with Crippen molar-refractivity contribution in [2.75, 3.05) is 26.7 Å². The first-order valence-corrected chi connectivity index (χ1v) is 5.79. The third-order valence-electron chi connectivity index (χ3n) is 3.72. The predicted octanol–water partition coefficient (Wildman–Crippen LogP) is 1.47. The predicted molar refractivity (Wildman–Crippen MR) is 55.9 cm³/mol. The summed E-state index contributed by atoms with van der Waals surface area (Å²) in [5, 5.41) is 3.30. The summed E-state index contributed by atoms with van der Waals surface area (Å²) < 4.78 is 0. The number of hydrogen-bond acceptors (Lipinski definition) is 2. The van der Waals surface area contributed by atoms with Crippen molar-refractivity contribution >= 4 is 0 Å². The molecule has 2 aliphatic rings. The summed E-state index contributed by atoms with van der Waals surface area (Å²) in [6, 6.07) is 0.946. The van der Waals surface area contributed by atoms with Gasteiger partial charge in [0.1, 0.15) is 0 Å². The first-order valence-electron chi connectivity index (χ1n) is 5.79. The van der Waals surface area contributed by atoms with Crippen LogP contribution in [0.25, 0.3) is 0 Å². The van der Waals surface area contributed by atoms with Crippen LogP contribution in [-0.2, 0) is 0 Å². The molecule has 0 aromatic rings. The molecule has 76 valence electrons. The van der Waals surface area contributed by atoms with Gasteiger partial charge in [-0.25, -0.2) is 0 Å². The van der Waals surface area contributed by atoms with Gasteiger partial charge in [-0.1, -0.05) is 0 Å². The molecule has 0 bridgehead atoms. The Balaban J connectivity index is 1.69. The first kappa shape index (κ1) is 9.47. The molecule has 1 saturated heterocycles. The normalized spacial score (nSPS) is 35.8. The lowest BCUT2D eigenvalue weighted by molar-refractivity contribution is 0.0791. The van der Waals surface area contributed by atoms with Gasteiger partial charge in [0.25, 0.3) is 0 Å². The van der Waals surface area contributed by atoms with E-state index in [0.29, 0.717) is 0 Å². The summed E-state index contributed by atoms with van der Waals surface area (Å²) >= 11 is 0. The Morgan fingerprint density at radius 1 is 1.15 bits per heavy atom. The molecule has 0 aromatic heterocycles. The molecule has 1 N–H and O–H groups in total. The van der Waals surface area contributed by atoms with Crippen molar-refractivity contribution in [2.45, 2.75) is 38.1 Å². The maximum atomic E-state index is 3.30. The molecule has 2 fully saturated rings. The van der Waals surface area contributed by atoms with Gasteiger partial charge in [0, 0.05) is 6.04 Å². The third kappa shape index (κ3) is 2.23. The van der Waals surface area contributed by atoms with Crippen molar-refractivity contribution in [3.8, 4) is 0 Å². The highest BCUT2D eigenvalue weighted by molar-refractivity contribution is 4.83. The van der Waals surface area contributed by atoms with Crippen molar-refractivity contribution in [2.24, 2.45) is 5.92 Å². The molecule has 0 aromatic carbocycles. The Kier molecular flexibility index (Phi) is 3.23. The van der Waals surface area contributed by atoms with E-state index in [1.165, 1.54) is 51.7 Å². The lowest BCUT2D eigenvalue weighted by Crippen LogP contribution is -2.47. The third-order valence-corrected chi connectivity index (χ3v) is 3.72. The molecule has 0 unspecified atom stereocenters. The Morgan fingerprint density at radius 3 is 2.31 bits per heavy atom. The largest absolute Gasteiger partial charge is 0.319 e. The molecule has 13 heavy (non-hydrogen) atoms. The van der Waals surface area contributed by atoms with Crippen molar-refractivity contribution < 1.29 is 0 Å². The van der Waals surface area contributed by atoms with E-state index in [0.717, 1.165) is 12.0 Å². The van der Waals surface area contributed by atoms with E-state index in [9.17, 15) is 0 Å². The van der Waals surface area contributed by atoms with E-state index in [2.05, 4.69) is 17.3 Å². The van der Waals surface area contributed by atoms with E-state index in [4.69, 9.17) is 0 Å². The van der Waals surface area contributed by atoms with E-state index in [1.54, 1.807) is 0 Å². The fraction of sp³-hybridized carbons (Fsp3) is 1.00. The van der Waals surface area contributed by atoms with Gasteiger partial charge in [0.05, 0.1) is 0 Å². The van der Waals surface area contributed by atoms with Gasteiger partial charge in [-0.15, -0.1) is 0 Å². The van der Waals surface area contributed by atoms with Crippen molar-refractivity contribution in [1.82, 2.24) is 10.2 Å². The summed E-state index contributed by atoms with van der Waals surface area (Å²) in [6.45, 7) is 3.98. The molecule has 1 aliphatic carbocycles. The molecule has 1 heterocycles. The van der Waals surface area contributed by atoms with E-state index in [1.807, 2.05) is 0 Å². The smallest absolute Gasteiger partial charge is 0.00954 e. The fourth-order valence-electron chi connectivity index (χ4n) is 2.71. The molecule has 2 nitrogen and oxygen atoms in total. The number of nitrogens with one attached hydrogen (secondary N) is 1. The minimum Gasteiger partial charge on any atom is -0.319 e. The minimum absolute atomic E-state index is 0.946. The Labute approximate surface area is 81.7 Å². The molecule has 0 spiro atoms. The quantitative estimate of drug-likeness (QED) is 0.711. The maximum Gasteiger partial charge on any atom is 0.00954 e. The van der Waals surface area contributed by atoms with Crippen LogP contribution in [0.3, 0.4) is 0 Å². The highest BCUT2D eigenvalue weighted by Crippen LogP contribution is 2.29. The number of likely N-dealkylation sites (tertiary alicyclic amines) is 1. The van der Waals surface area contributed by atoms with Crippen LogP contribution in [0.15, 0.2) is 0 Å². The average molecular weight is 182 g/mol. The van der Waals surface area contributed by atoms with E-state index in [-0.39, 0.29) is 0 Å². The monoisotopic (exact) mass is 182 g/mol. The highest BCUT2D eigenvalue weighted by atomic mass is 15.2. The molecule has 1 aliphatic heterocycles. The highest BCUT2D eigenvalue weighted by Gasteiger charge is 2.28. The Bertz CT molecular complexity index is 146.